The molecule has 0 radical (unpaired) electrons. The molecule has 5 heteroatoms. The van der Waals surface area contributed by atoms with Crippen LogP contribution in [0, 0.1) is 0 Å². The standard InChI is InChI=1S/C16H17BrN4/c1-3-21-16(13(17)10-20-21)15(18-2)12-6-7-14-11(9-12)5-4-8-19-14/h4-10,15,18H,3H2,1-2H3. The Balaban J connectivity index is 2.11. The van der Waals surface area contributed by atoms with Gasteiger partial charge in [-0.1, -0.05) is 12.1 Å². The van der Waals surface area contributed by atoms with E-state index < -0.39 is 0 Å². The van der Waals surface area contributed by atoms with Crippen molar-refractivity contribution in [2.24, 2.45) is 0 Å². The maximum absolute atomic E-state index is 4.41. The fraction of sp³-hybridized carbons (Fsp3) is 0.250. The van der Waals surface area contributed by atoms with Crippen LogP contribution in [0.4, 0.5) is 0 Å². The summed E-state index contributed by atoms with van der Waals surface area (Å²) in [6.07, 6.45) is 3.67. The summed E-state index contributed by atoms with van der Waals surface area (Å²) in [4.78, 5) is 4.37. The number of nitrogens with zero attached hydrogens (tertiary/aromatic N) is 3. The van der Waals surface area contributed by atoms with Crippen molar-refractivity contribution in [1.82, 2.24) is 20.1 Å². The second kappa shape index (κ2) is 5.95. The Morgan fingerprint density at radius 2 is 2.19 bits per heavy atom. The zero-order valence-electron chi connectivity index (χ0n) is 12.0. The lowest BCUT2D eigenvalue weighted by atomic mass is 10.0. The molecule has 0 saturated heterocycles. The van der Waals surface area contributed by atoms with Crippen molar-refractivity contribution < 1.29 is 0 Å². The van der Waals surface area contributed by atoms with Crippen LogP contribution in [-0.2, 0) is 6.54 Å². The lowest BCUT2D eigenvalue weighted by Gasteiger charge is -2.19. The fourth-order valence-corrected chi connectivity index (χ4v) is 3.17. The monoisotopic (exact) mass is 344 g/mol. The van der Waals surface area contributed by atoms with Crippen LogP contribution in [0.25, 0.3) is 10.9 Å². The molecule has 108 valence electrons. The Morgan fingerprint density at radius 3 is 2.95 bits per heavy atom. The van der Waals surface area contributed by atoms with Crippen molar-refractivity contribution in [2.45, 2.75) is 19.5 Å². The predicted octanol–water partition coefficient (Wildman–Crippen LogP) is 3.52. The molecule has 0 aliphatic rings. The second-order valence-corrected chi connectivity index (χ2v) is 5.73. The van der Waals surface area contributed by atoms with Gasteiger partial charge < -0.3 is 5.32 Å². The van der Waals surface area contributed by atoms with Gasteiger partial charge in [-0.05, 0) is 53.7 Å². The van der Waals surface area contributed by atoms with E-state index in [1.165, 1.54) is 5.56 Å². The van der Waals surface area contributed by atoms with Crippen molar-refractivity contribution >= 4 is 26.8 Å². The van der Waals surface area contributed by atoms with E-state index in [9.17, 15) is 0 Å². The number of nitrogens with one attached hydrogen (secondary N) is 1. The number of halogens is 1. The van der Waals surface area contributed by atoms with E-state index >= 15 is 0 Å². The van der Waals surface area contributed by atoms with Crippen molar-refractivity contribution in [3.05, 3.63) is 58.5 Å². The number of pyridine rings is 1. The molecular formula is C16H17BrN4. The van der Waals surface area contributed by atoms with E-state index in [-0.39, 0.29) is 6.04 Å². The molecule has 2 heterocycles. The summed E-state index contributed by atoms with van der Waals surface area (Å²) in [5, 5.41) is 8.95. The summed E-state index contributed by atoms with van der Waals surface area (Å²) >= 11 is 3.61. The van der Waals surface area contributed by atoms with Crippen molar-refractivity contribution in [2.75, 3.05) is 7.05 Å². The summed E-state index contributed by atoms with van der Waals surface area (Å²) in [6.45, 7) is 2.94. The van der Waals surface area contributed by atoms with Crippen LogP contribution in [-0.4, -0.2) is 21.8 Å². The highest BCUT2D eigenvalue weighted by Gasteiger charge is 2.20. The molecule has 1 aromatic carbocycles. The number of rotatable bonds is 4. The molecule has 0 amide bonds. The average Bonchev–Trinajstić information content (AvgIpc) is 2.89. The second-order valence-electron chi connectivity index (χ2n) is 4.87. The van der Waals surface area contributed by atoms with E-state index in [2.05, 4.69) is 62.5 Å². The van der Waals surface area contributed by atoms with Crippen LogP contribution in [0.5, 0.6) is 0 Å². The minimum absolute atomic E-state index is 0.0893. The average molecular weight is 345 g/mol. The minimum atomic E-state index is 0.0893. The number of hydrogen-bond acceptors (Lipinski definition) is 3. The minimum Gasteiger partial charge on any atom is -0.308 e. The largest absolute Gasteiger partial charge is 0.308 e. The van der Waals surface area contributed by atoms with Crippen LogP contribution in [0.1, 0.15) is 24.2 Å². The lowest BCUT2D eigenvalue weighted by Crippen LogP contribution is -2.21. The first-order valence-electron chi connectivity index (χ1n) is 6.97. The van der Waals surface area contributed by atoms with Gasteiger partial charge in [-0.2, -0.15) is 5.10 Å². The van der Waals surface area contributed by atoms with Crippen LogP contribution < -0.4 is 5.32 Å². The van der Waals surface area contributed by atoms with E-state index in [0.29, 0.717) is 0 Å². The zero-order chi connectivity index (χ0) is 14.8. The number of aryl methyl sites for hydroxylation is 1. The molecule has 3 rings (SSSR count). The summed E-state index contributed by atoms with van der Waals surface area (Å²) in [6, 6.07) is 10.5. The molecule has 2 aromatic heterocycles. The van der Waals surface area contributed by atoms with Crippen molar-refractivity contribution in [1.29, 1.82) is 0 Å². The van der Waals surface area contributed by atoms with Gasteiger partial charge in [0.15, 0.2) is 0 Å². The Bertz CT molecular complexity index is 766. The van der Waals surface area contributed by atoms with E-state index in [4.69, 9.17) is 0 Å². The number of benzene rings is 1. The van der Waals surface area contributed by atoms with Gasteiger partial charge >= 0.3 is 0 Å². The van der Waals surface area contributed by atoms with Crippen LogP contribution >= 0.6 is 15.9 Å². The van der Waals surface area contributed by atoms with E-state index in [0.717, 1.165) is 27.6 Å². The summed E-state index contributed by atoms with van der Waals surface area (Å²) in [7, 11) is 1.97. The summed E-state index contributed by atoms with van der Waals surface area (Å²) < 4.78 is 3.04. The Hall–Kier alpha value is -1.72. The molecule has 0 saturated carbocycles. The molecule has 0 aliphatic heterocycles. The third-order valence-electron chi connectivity index (χ3n) is 3.66. The smallest absolute Gasteiger partial charge is 0.0757 e. The van der Waals surface area contributed by atoms with Gasteiger partial charge in [-0.3, -0.25) is 9.67 Å². The Labute approximate surface area is 132 Å². The maximum Gasteiger partial charge on any atom is 0.0757 e. The highest BCUT2D eigenvalue weighted by atomic mass is 79.9. The van der Waals surface area contributed by atoms with Crippen LogP contribution in [0.15, 0.2) is 47.2 Å². The lowest BCUT2D eigenvalue weighted by molar-refractivity contribution is 0.562. The molecule has 0 bridgehead atoms. The first kappa shape index (κ1) is 14.2. The first-order valence-corrected chi connectivity index (χ1v) is 7.77. The van der Waals surface area contributed by atoms with Gasteiger partial charge in [0.05, 0.1) is 27.9 Å². The maximum atomic E-state index is 4.41. The van der Waals surface area contributed by atoms with Gasteiger partial charge in [0.2, 0.25) is 0 Å². The Kier molecular flexibility index (Phi) is 4.03. The summed E-state index contributed by atoms with van der Waals surface area (Å²) in [5.41, 5.74) is 3.36. The molecule has 0 fully saturated rings. The molecule has 21 heavy (non-hydrogen) atoms. The van der Waals surface area contributed by atoms with Gasteiger partial charge in [0.1, 0.15) is 0 Å². The number of hydrogen-bond donors (Lipinski definition) is 1. The Morgan fingerprint density at radius 1 is 1.33 bits per heavy atom. The molecule has 1 N–H and O–H groups in total. The third kappa shape index (κ3) is 2.59. The summed E-state index contributed by atoms with van der Waals surface area (Å²) in [5.74, 6) is 0. The van der Waals surface area contributed by atoms with Crippen molar-refractivity contribution in [3.8, 4) is 0 Å². The zero-order valence-corrected chi connectivity index (χ0v) is 13.6. The van der Waals surface area contributed by atoms with Gasteiger partial charge in [0.25, 0.3) is 0 Å². The van der Waals surface area contributed by atoms with Gasteiger partial charge in [-0.15, -0.1) is 0 Å². The SMILES string of the molecule is CCn1ncc(Br)c1C(NC)c1ccc2ncccc2c1. The van der Waals surface area contributed by atoms with Crippen LogP contribution in [0.3, 0.4) is 0 Å². The highest BCUT2D eigenvalue weighted by molar-refractivity contribution is 9.10. The quantitative estimate of drug-likeness (QED) is 0.787. The number of fused-ring (bicyclic) bond motifs is 1. The van der Waals surface area contributed by atoms with Gasteiger partial charge in [0, 0.05) is 18.1 Å². The molecule has 4 nitrogen and oxygen atoms in total. The van der Waals surface area contributed by atoms with E-state index in [1.54, 1.807) is 0 Å². The number of aromatic nitrogens is 3. The molecule has 0 spiro atoms. The molecule has 1 unspecified atom stereocenters. The molecular weight excluding hydrogens is 328 g/mol. The van der Waals surface area contributed by atoms with Crippen LogP contribution in [0.2, 0.25) is 0 Å². The fourth-order valence-electron chi connectivity index (χ4n) is 2.65. The molecule has 3 aromatic rings. The first-order chi connectivity index (χ1) is 10.2. The van der Waals surface area contributed by atoms with Gasteiger partial charge in [-0.25, -0.2) is 0 Å². The topological polar surface area (TPSA) is 42.7 Å². The van der Waals surface area contributed by atoms with E-state index in [1.807, 2.05) is 30.2 Å². The molecule has 1 atom stereocenters. The van der Waals surface area contributed by atoms with Crippen molar-refractivity contribution in [3.63, 3.8) is 0 Å². The highest BCUT2D eigenvalue weighted by Crippen LogP contribution is 2.29. The normalized spacial score (nSPS) is 12.7. The predicted molar refractivity (Wildman–Crippen MR) is 88.2 cm³/mol. The molecule has 0 aliphatic carbocycles. The third-order valence-corrected chi connectivity index (χ3v) is 4.27.